The van der Waals surface area contributed by atoms with E-state index in [1.807, 2.05) is 0 Å². The maximum atomic E-state index is 14.6. The van der Waals surface area contributed by atoms with Gasteiger partial charge in [0.15, 0.2) is 5.69 Å². The molecule has 0 saturated heterocycles. The maximum absolute atomic E-state index is 14.6. The van der Waals surface area contributed by atoms with Crippen LogP contribution >= 0.6 is 11.3 Å². The van der Waals surface area contributed by atoms with Gasteiger partial charge in [-0.2, -0.15) is 22.0 Å². The number of aromatic nitrogens is 6. The zero-order valence-electron chi connectivity index (χ0n) is 22.8. The van der Waals surface area contributed by atoms with Crippen LogP contribution in [0.4, 0.5) is 26.3 Å². The molecule has 11 nitrogen and oxygen atoms in total. The Morgan fingerprint density at radius 2 is 1.75 bits per heavy atom. The van der Waals surface area contributed by atoms with Crippen molar-refractivity contribution in [1.29, 1.82) is 0 Å². The highest BCUT2D eigenvalue weighted by atomic mass is 32.1. The highest BCUT2D eigenvalue weighted by molar-refractivity contribution is 7.13. The summed E-state index contributed by atoms with van der Waals surface area (Å²) >= 11 is 0.918. The molecule has 18 heteroatoms. The molecular weight excluding hydrogens is 618 g/mol. The number of halogens is 6. The second-order valence-electron chi connectivity index (χ2n) is 9.46. The lowest BCUT2D eigenvalue weighted by Crippen LogP contribution is -2.23. The number of nitrogens with one attached hydrogen (secondary N) is 2. The van der Waals surface area contributed by atoms with E-state index in [9.17, 15) is 35.9 Å². The Morgan fingerprint density at radius 3 is 2.50 bits per heavy atom. The molecule has 4 rings (SSSR count). The van der Waals surface area contributed by atoms with Gasteiger partial charge in [-0.1, -0.05) is 28.7 Å². The lowest BCUT2D eigenvalue weighted by Gasteiger charge is -2.13. The first kappa shape index (κ1) is 32.3. The van der Waals surface area contributed by atoms with Gasteiger partial charge in [-0.3, -0.25) is 14.6 Å². The molecule has 0 aliphatic heterocycles. The quantitative estimate of drug-likeness (QED) is 0.205. The first-order valence-corrected chi connectivity index (χ1v) is 13.7. The van der Waals surface area contributed by atoms with Crippen LogP contribution in [0.5, 0.6) is 5.75 Å². The number of ether oxygens (including phenoxy) is 1. The summed E-state index contributed by atoms with van der Waals surface area (Å²) in [6.07, 6.45) is -6.07. The first-order valence-electron chi connectivity index (χ1n) is 12.8. The number of nitrogens with zero attached hydrogens (tertiary/aromatic N) is 6. The van der Waals surface area contributed by atoms with E-state index in [1.165, 1.54) is 30.6 Å². The van der Waals surface area contributed by atoms with E-state index in [1.54, 1.807) is 6.07 Å². The molecule has 0 aliphatic rings. The molecular formula is C26H24F6N8O3S. The minimum absolute atomic E-state index is 0.00573. The Balaban J connectivity index is 1.21. The summed E-state index contributed by atoms with van der Waals surface area (Å²) in [4.78, 5) is 28.3. The molecule has 0 radical (unpaired) electrons. The lowest BCUT2D eigenvalue weighted by molar-refractivity contribution is -0.159. The number of alkyl halides is 6. The van der Waals surface area contributed by atoms with E-state index in [2.05, 4.69) is 40.9 Å². The normalized spacial score (nSPS) is 12.5. The third-order valence-corrected chi connectivity index (χ3v) is 6.69. The monoisotopic (exact) mass is 642 g/mol. The van der Waals surface area contributed by atoms with Crippen LogP contribution in [0.1, 0.15) is 55.3 Å². The molecule has 0 bridgehead atoms. The number of amides is 2. The van der Waals surface area contributed by atoms with Gasteiger partial charge >= 0.3 is 12.3 Å². The fourth-order valence-corrected chi connectivity index (χ4v) is 4.48. The molecule has 3 aromatic heterocycles. The average Bonchev–Trinajstić information content (AvgIpc) is 3.63. The zero-order chi connectivity index (χ0) is 31.9. The summed E-state index contributed by atoms with van der Waals surface area (Å²) in [7, 11) is 0. The highest BCUT2D eigenvalue weighted by Gasteiger charge is 2.31. The van der Waals surface area contributed by atoms with Crippen LogP contribution in [-0.4, -0.2) is 54.3 Å². The predicted molar refractivity (Wildman–Crippen MR) is 142 cm³/mol. The Hall–Kier alpha value is -4.61. The van der Waals surface area contributed by atoms with Gasteiger partial charge in [0.05, 0.1) is 18.3 Å². The zero-order valence-corrected chi connectivity index (χ0v) is 23.6. The van der Waals surface area contributed by atoms with Gasteiger partial charge in [-0.25, -0.2) is 9.07 Å². The van der Waals surface area contributed by atoms with Crippen LogP contribution in [0.3, 0.4) is 0 Å². The van der Waals surface area contributed by atoms with Crippen molar-refractivity contribution in [2.24, 2.45) is 0 Å². The highest BCUT2D eigenvalue weighted by Crippen LogP contribution is 2.29. The molecule has 234 valence electrons. The molecule has 44 heavy (non-hydrogen) atoms. The minimum atomic E-state index is -4.56. The van der Waals surface area contributed by atoms with Gasteiger partial charge in [-0.05, 0) is 35.7 Å². The van der Waals surface area contributed by atoms with E-state index >= 15 is 0 Å². The van der Waals surface area contributed by atoms with Gasteiger partial charge in [-0.15, -0.1) is 15.3 Å². The average molecular weight is 643 g/mol. The van der Waals surface area contributed by atoms with E-state index < -0.39 is 35.8 Å². The lowest BCUT2D eigenvalue weighted by atomic mass is 10.2. The minimum Gasteiger partial charge on any atom is -0.433 e. The van der Waals surface area contributed by atoms with Crippen molar-refractivity contribution >= 4 is 23.2 Å². The molecule has 3 heterocycles. The van der Waals surface area contributed by atoms with Crippen LogP contribution < -0.4 is 15.4 Å². The molecule has 0 spiro atoms. The van der Waals surface area contributed by atoms with Crippen molar-refractivity contribution < 1.29 is 40.7 Å². The van der Waals surface area contributed by atoms with E-state index in [4.69, 9.17) is 0 Å². The Morgan fingerprint density at radius 1 is 1.00 bits per heavy atom. The van der Waals surface area contributed by atoms with Crippen molar-refractivity contribution in [3.8, 4) is 5.75 Å². The molecule has 4 aromatic rings. The van der Waals surface area contributed by atoms with Crippen LogP contribution in [0.25, 0.3) is 0 Å². The summed E-state index contributed by atoms with van der Waals surface area (Å²) in [5.74, 6) is -1.33. The van der Waals surface area contributed by atoms with Gasteiger partial charge < -0.3 is 15.4 Å². The van der Waals surface area contributed by atoms with Gasteiger partial charge in [0.25, 0.3) is 11.8 Å². The summed E-state index contributed by atoms with van der Waals surface area (Å²) in [6.45, 7) is 0.172. The maximum Gasteiger partial charge on any atom is 0.417 e. The third kappa shape index (κ3) is 9.72. The number of rotatable bonds is 13. The number of benzene rings is 1. The summed E-state index contributed by atoms with van der Waals surface area (Å²) in [5, 5.41) is 20.4. The molecule has 2 amide bonds. The smallest absolute Gasteiger partial charge is 0.417 e. The molecule has 0 saturated carbocycles. The fraction of sp³-hybridized carbons (Fsp3) is 0.346. The van der Waals surface area contributed by atoms with Gasteiger partial charge in [0.2, 0.25) is 5.01 Å². The number of carbonyl (C=O) groups excluding carboxylic acids is 2. The second kappa shape index (κ2) is 13.8. The van der Waals surface area contributed by atoms with Gasteiger partial charge in [0.1, 0.15) is 16.9 Å². The number of carbonyl (C=O) groups is 2. The van der Waals surface area contributed by atoms with Crippen LogP contribution in [-0.2, 0) is 32.2 Å². The summed E-state index contributed by atoms with van der Waals surface area (Å²) < 4.78 is 84.9. The van der Waals surface area contributed by atoms with E-state index in [-0.39, 0.29) is 54.5 Å². The van der Waals surface area contributed by atoms with Crippen molar-refractivity contribution in [1.82, 2.24) is 40.8 Å². The molecule has 0 fully saturated rings. The molecule has 0 aliphatic carbocycles. The number of hydrogen-bond acceptors (Lipinski definition) is 9. The number of aryl methyl sites for hydroxylation is 1. The Labute approximate surface area is 249 Å². The van der Waals surface area contributed by atoms with Crippen molar-refractivity contribution in [2.75, 3.05) is 0 Å². The van der Waals surface area contributed by atoms with Crippen LogP contribution in [0, 0.1) is 0 Å². The fourth-order valence-electron chi connectivity index (χ4n) is 3.71. The van der Waals surface area contributed by atoms with Crippen molar-refractivity contribution in [3.05, 3.63) is 81.3 Å². The Bertz CT molecular complexity index is 1590. The summed E-state index contributed by atoms with van der Waals surface area (Å²) in [6, 6.07) is 6.70. The first-order chi connectivity index (χ1) is 20.7. The second-order valence-corrected chi connectivity index (χ2v) is 10.5. The molecule has 1 unspecified atom stereocenters. The standard InChI is InChI=1S/C26H24F6N8O3S/c1-25(28,29)43-19-4-2-3-15(8-19)10-34-22(41)20-14-40(39-36-20)13-18(27)5-6-21-37-38-24(44-21)23(42)35-11-16-7-17(12-33-9-16)26(30,31)32/h2-4,7-9,12,14,18H,5-6,10-11,13H2,1H3,(H,34,41)(H,35,42). The van der Waals surface area contributed by atoms with Gasteiger partial charge in [0, 0.05) is 38.8 Å². The number of hydrogen-bond donors (Lipinski definition) is 2. The predicted octanol–water partition coefficient (Wildman–Crippen LogP) is 4.37. The van der Waals surface area contributed by atoms with Crippen molar-refractivity contribution in [2.45, 2.75) is 57.9 Å². The van der Waals surface area contributed by atoms with E-state index in [0.29, 0.717) is 23.7 Å². The number of pyridine rings is 1. The largest absolute Gasteiger partial charge is 0.433 e. The van der Waals surface area contributed by atoms with Crippen molar-refractivity contribution in [3.63, 3.8) is 0 Å². The molecule has 2 N–H and O–H groups in total. The van der Waals surface area contributed by atoms with Crippen LogP contribution in [0.2, 0.25) is 0 Å². The summed E-state index contributed by atoms with van der Waals surface area (Å²) in [5.41, 5.74) is -0.368. The SMILES string of the molecule is CC(F)(F)Oc1cccc(CNC(=O)c2cn(CC(F)CCc3nnc(C(=O)NCc4cncc(C(F)(F)F)c4)s3)nn2)c1. The van der Waals surface area contributed by atoms with E-state index in [0.717, 1.165) is 22.1 Å². The van der Waals surface area contributed by atoms with Crippen LogP contribution in [0.15, 0.2) is 48.9 Å². The molecule has 1 aromatic carbocycles. The Kier molecular flexibility index (Phi) is 10.1. The molecule has 1 atom stereocenters. The third-order valence-electron chi connectivity index (χ3n) is 5.71. The topological polar surface area (TPSA) is 137 Å².